The van der Waals surface area contributed by atoms with E-state index in [1.54, 1.807) is 18.2 Å². The molecule has 1 saturated heterocycles. The van der Waals surface area contributed by atoms with E-state index in [9.17, 15) is 22.8 Å². The van der Waals surface area contributed by atoms with Gasteiger partial charge in [-0.3, -0.25) is 9.59 Å². The van der Waals surface area contributed by atoms with E-state index in [4.69, 9.17) is 5.11 Å². The first-order chi connectivity index (χ1) is 12.3. The number of hydrogen-bond donors (Lipinski definition) is 1. The summed E-state index contributed by atoms with van der Waals surface area (Å²) in [6.45, 7) is -0.923. The van der Waals surface area contributed by atoms with Crippen LogP contribution in [0.4, 0.5) is 13.2 Å². The molecule has 1 aliphatic rings. The molecular weight excluding hydrogens is 353 g/mol. The number of carboxylic acid groups (broad SMARTS) is 1. The van der Waals surface area contributed by atoms with Gasteiger partial charge in [0.15, 0.2) is 0 Å². The van der Waals surface area contributed by atoms with Crippen molar-refractivity contribution < 1.29 is 27.9 Å². The molecule has 1 aromatic carbocycles. The lowest BCUT2D eigenvalue weighted by Gasteiger charge is -2.19. The van der Waals surface area contributed by atoms with Crippen molar-refractivity contribution >= 4 is 11.9 Å². The van der Waals surface area contributed by atoms with Crippen LogP contribution in [-0.2, 0) is 11.3 Å². The zero-order chi connectivity index (χ0) is 18.9. The van der Waals surface area contributed by atoms with Crippen LogP contribution in [0.3, 0.4) is 0 Å². The Bertz CT molecular complexity index is 807. The molecule has 2 heterocycles. The van der Waals surface area contributed by atoms with Crippen LogP contribution in [0.5, 0.6) is 0 Å². The molecule has 7 nitrogen and oxygen atoms in total. The molecule has 1 N–H and O–H groups in total. The molecule has 0 aliphatic carbocycles. The van der Waals surface area contributed by atoms with Crippen molar-refractivity contribution in [3.05, 3.63) is 48.0 Å². The van der Waals surface area contributed by atoms with Crippen molar-refractivity contribution in [1.82, 2.24) is 19.7 Å². The van der Waals surface area contributed by atoms with Gasteiger partial charge >= 0.3 is 12.1 Å². The van der Waals surface area contributed by atoms with E-state index in [1.165, 1.54) is 23.4 Å². The number of carbonyl (C=O) groups excluding carboxylic acids is 1. The first-order valence-corrected chi connectivity index (χ1v) is 7.76. The van der Waals surface area contributed by atoms with Gasteiger partial charge in [-0.05, 0) is 11.6 Å². The number of alkyl halides is 3. The Kier molecular flexibility index (Phi) is 4.66. The van der Waals surface area contributed by atoms with Gasteiger partial charge in [0, 0.05) is 18.7 Å². The number of benzene rings is 1. The number of aliphatic carboxylic acids is 1. The van der Waals surface area contributed by atoms with Crippen molar-refractivity contribution in [2.24, 2.45) is 11.8 Å². The zero-order valence-electron chi connectivity index (χ0n) is 13.4. The zero-order valence-corrected chi connectivity index (χ0v) is 13.4. The van der Waals surface area contributed by atoms with Gasteiger partial charge in [0.25, 0.3) is 5.91 Å². The van der Waals surface area contributed by atoms with E-state index in [2.05, 4.69) is 10.1 Å². The van der Waals surface area contributed by atoms with Gasteiger partial charge in [0.2, 0.25) is 0 Å². The quantitative estimate of drug-likeness (QED) is 0.887. The van der Waals surface area contributed by atoms with Crippen LogP contribution in [0.25, 0.3) is 0 Å². The number of likely N-dealkylation sites (tertiary alicyclic amines) is 1. The lowest BCUT2D eigenvalue weighted by atomic mass is 9.96. The van der Waals surface area contributed by atoms with E-state index >= 15 is 0 Å². The summed E-state index contributed by atoms with van der Waals surface area (Å²) in [5, 5.41) is 13.0. The molecule has 0 spiro atoms. The fraction of sp³-hybridized carbons (Fsp3) is 0.375. The van der Waals surface area contributed by atoms with Crippen LogP contribution in [0.2, 0.25) is 0 Å². The van der Waals surface area contributed by atoms with Gasteiger partial charge in [-0.1, -0.05) is 18.2 Å². The third-order valence-electron chi connectivity index (χ3n) is 4.39. The predicted molar refractivity (Wildman–Crippen MR) is 82.1 cm³/mol. The van der Waals surface area contributed by atoms with Gasteiger partial charge in [-0.2, -0.15) is 18.3 Å². The molecule has 10 heteroatoms. The molecule has 2 aromatic rings. The maximum absolute atomic E-state index is 13.1. The molecule has 1 aromatic heterocycles. The van der Waals surface area contributed by atoms with Crippen molar-refractivity contribution in [3.63, 3.8) is 0 Å². The Morgan fingerprint density at radius 2 is 1.96 bits per heavy atom. The van der Waals surface area contributed by atoms with Crippen LogP contribution < -0.4 is 0 Å². The topological polar surface area (TPSA) is 88.3 Å². The Morgan fingerprint density at radius 1 is 1.23 bits per heavy atom. The SMILES string of the molecule is O=C(O)[C@@H]1CN(C(=O)c2ccccc2Cn2cncn2)C[C@H]1C(F)(F)F. The molecule has 0 unspecified atom stereocenters. The molecule has 2 atom stereocenters. The highest BCUT2D eigenvalue weighted by Crippen LogP contribution is 2.38. The average molecular weight is 368 g/mol. The van der Waals surface area contributed by atoms with E-state index in [0.717, 1.165) is 4.90 Å². The fourth-order valence-electron chi connectivity index (χ4n) is 3.08. The van der Waals surface area contributed by atoms with Gasteiger partial charge in [-0.25, -0.2) is 9.67 Å². The monoisotopic (exact) mass is 368 g/mol. The van der Waals surface area contributed by atoms with Crippen LogP contribution in [0.15, 0.2) is 36.9 Å². The van der Waals surface area contributed by atoms with Gasteiger partial charge in [0.1, 0.15) is 12.7 Å². The highest BCUT2D eigenvalue weighted by Gasteiger charge is 2.53. The molecule has 1 aliphatic heterocycles. The van der Waals surface area contributed by atoms with Crippen molar-refractivity contribution in [1.29, 1.82) is 0 Å². The van der Waals surface area contributed by atoms with Crippen LogP contribution in [0.1, 0.15) is 15.9 Å². The van der Waals surface area contributed by atoms with Gasteiger partial charge in [0.05, 0.1) is 18.4 Å². The van der Waals surface area contributed by atoms with Crippen molar-refractivity contribution in [2.75, 3.05) is 13.1 Å². The first-order valence-electron chi connectivity index (χ1n) is 7.76. The van der Waals surface area contributed by atoms with Gasteiger partial charge in [-0.15, -0.1) is 0 Å². The van der Waals surface area contributed by atoms with Crippen LogP contribution >= 0.6 is 0 Å². The number of nitrogens with zero attached hydrogens (tertiary/aromatic N) is 4. The summed E-state index contributed by atoms with van der Waals surface area (Å²) in [6.07, 6.45) is -1.90. The third kappa shape index (κ3) is 3.53. The average Bonchev–Trinajstić information content (AvgIpc) is 3.23. The van der Waals surface area contributed by atoms with Crippen LogP contribution in [-0.4, -0.2) is 55.9 Å². The highest BCUT2D eigenvalue weighted by molar-refractivity contribution is 5.96. The van der Waals surface area contributed by atoms with E-state index in [-0.39, 0.29) is 12.1 Å². The number of hydrogen-bond acceptors (Lipinski definition) is 4. The standard InChI is InChI=1S/C16H15F3N4O3/c17-16(18,19)13-7-22(6-12(13)15(25)26)14(24)11-4-2-1-3-10(11)5-23-9-20-8-21-23/h1-4,8-9,12-13H,5-7H2,(H,25,26)/t12-,13-/m1/s1. The number of aromatic nitrogens is 3. The predicted octanol–water partition coefficient (Wildman–Crippen LogP) is 1.66. The van der Waals surface area contributed by atoms with E-state index in [1.807, 2.05) is 0 Å². The number of carboxylic acids is 1. The first kappa shape index (κ1) is 17.9. The van der Waals surface area contributed by atoms with Crippen molar-refractivity contribution in [2.45, 2.75) is 12.7 Å². The molecule has 1 amide bonds. The van der Waals surface area contributed by atoms with Crippen molar-refractivity contribution in [3.8, 4) is 0 Å². The number of halogens is 3. The molecule has 26 heavy (non-hydrogen) atoms. The summed E-state index contributed by atoms with van der Waals surface area (Å²) in [7, 11) is 0. The summed E-state index contributed by atoms with van der Waals surface area (Å²) in [6, 6.07) is 6.47. The van der Waals surface area contributed by atoms with E-state index in [0.29, 0.717) is 5.56 Å². The lowest BCUT2D eigenvalue weighted by Crippen LogP contribution is -2.34. The second-order valence-corrected chi connectivity index (χ2v) is 6.05. The third-order valence-corrected chi connectivity index (χ3v) is 4.39. The van der Waals surface area contributed by atoms with Gasteiger partial charge < -0.3 is 10.0 Å². The maximum atomic E-state index is 13.1. The molecule has 1 fully saturated rings. The molecule has 0 radical (unpaired) electrons. The number of carbonyl (C=O) groups is 2. The Morgan fingerprint density at radius 3 is 2.54 bits per heavy atom. The van der Waals surface area contributed by atoms with Crippen LogP contribution in [0, 0.1) is 11.8 Å². The Balaban J connectivity index is 1.85. The highest BCUT2D eigenvalue weighted by atomic mass is 19.4. The summed E-state index contributed by atoms with van der Waals surface area (Å²) in [5.74, 6) is -5.93. The summed E-state index contributed by atoms with van der Waals surface area (Å²) < 4.78 is 40.8. The minimum absolute atomic E-state index is 0.218. The maximum Gasteiger partial charge on any atom is 0.394 e. The second kappa shape index (κ2) is 6.77. The number of rotatable bonds is 4. The summed E-state index contributed by atoms with van der Waals surface area (Å²) in [5.41, 5.74) is 0.778. The summed E-state index contributed by atoms with van der Waals surface area (Å²) >= 11 is 0. The summed E-state index contributed by atoms with van der Waals surface area (Å²) in [4.78, 5) is 28.7. The normalized spacial score (nSPS) is 20.3. The molecule has 0 saturated carbocycles. The minimum Gasteiger partial charge on any atom is -0.481 e. The molecule has 3 rings (SSSR count). The fourth-order valence-corrected chi connectivity index (χ4v) is 3.08. The Labute approximate surface area is 146 Å². The van der Waals surface area contributed by atoms with E-state index < -0.39 is 43.0 Å². The lowest BCUT2D eigenvalue weighted by molar-refractivity contribution is -0.187. The number of amides is 1. The Hall–Kier alpha value is -2.91. The smallest absolute Gasteiger partial charge is 0.394 e. The molecular formula is C16H15F3N4O3. The largest absolute Gasteiger partial charge is 0.481 e. The molecule has 138 valence electrons. The molecule has 0 bridgehead atoms. The second-order valence-electron chi connectivity index (χ2n) is 6.05. The minimum atomic E-state index is -4.68.